The third kappa shape index (κ3) is 6.38. The number of nitrogens with zero attached hydrogens (tertiary/aromatic N) is 1. The summed E-state index contributed by atoms with van der Waals surface area (Å²) in [6.45, 7) is 2.06. The maximum absolute atomic E-state index is 11.9. The van der Waals surface area contributed by atoms with E-state index in [4.69, 9.17) is 4.74 Å². The van der Waals surface area contributed by atoms with Crippen LogP contribution in [0.2, 0.25) is 0 Å². The summed E-state index contributed by atoms with van der Waals surface area (Å²) in [5, 5.41) is 2.69. The fourth-order valence-electron chi connectivity index (χ4n) is 2.79. The summed E-state index contributed by atoms with van der Waals surface area (Å²) in [7, 11) is 1.33. The highest BCUT2D eigenvalue weighted by Gasteiger charge is 2.15. The molecule has 0 saturated carbocycles. The molecule has 2 rings (SSSR count). The molecule has 0 radical (unpaired) electrons. The minimum Gasteiger partial charge on any atom is -0.465 e. The molecule has 1 saturated heterocycles. The zero-order valence-electron chi connectivity index (χ0n) is 15.2. The molecule has 0 bridgehead atoms. The predicted molar refractivity (Wildman–Crippen MR) is 95.6 cm³/mol. The number of rotatable bonds is 7. The summed E-state index contributed by atoms with van der Waals surface area (Å²) in [4.78, 5) is 36.8. The number of hydrogen-bond donors (Lipinski definition) is 1. The number of hydrogen-bond acceptors (Lipinski definition) is 5. The predicted octanol–water partition coefficient (Wildman–Crippen LogP) is 2.49. The van der Waals surface area contributed by atoms with Gasteiger partial charge in [-0.15, -0.1) is 0 Å². The maximum atomic E-state index is 11.9. The molecule has 0 spiro atoms. The van der Waals surface area contributed by atoms with Gasteiger partial charge in [0, 0.05) is 26.1 Å². The molecule has 1 aliphatic heterocycles. The lowest BCUT2D eigenvalue weighted by molar-refractivity contribution is -0.130. The van der Waals surface area contributed by atoms with E-state index in [9.17, 15) is 14.4 Å². The number of ether oxygens (including phenoxy) is 2. The van der Waals surface area contributed by atoms with Crippen molar-refractivity contribution in [1.29, 1.82) is 0 Å². The fourth-order valence-corrected chi connectivity index (χ4v) is 2.79. The second-order valence-corrected chi connectivity index (χ2v) is 6.24. The SMILES string of the molecule is COC(=O)c1ccc(COC(=O)NCCCN2CCCCCC2=O)cc1. The molecule has 0 unspecified atom stereocenters. The average Bonchev–Trinajstić information content (AvgIpc) is 2.87. The van der Waals surface area contributed by atoms with Crippen molar-refractivity contribution in [3.8, 4) is 0 Å². The number of likely N-dealkylation sites (tertiary alicyclic amines) is 1. The third-order valence-electron chi connectivity index (χ3n) is 4.29. The van der Waals surface area contributed by atoms with Gasteiger partial charge in [0.1, 0.15) is 6.61 Å². The lowest BCUT2D eigenvalue weighted by Gasteiger charge is -2.20. The summed E-state index contributed by atoms with van der Waals surface area (Å²) < 4.78 is 9.77. The van der Waals surface area contributed by atoms with Crippen LogP contribution in [0.25, 0.3) is 0 Å². The molecule has 26 heavy (non-hydrogen) atoms. The van der Waals surface area contributed by atoms with Gasteiger partial charge >= 0.3 is 12.1 Å². The molecule has 0 aliphatic carbocycles. The molecule has 2 amide bonds. The van der Waals surface area contributed by atoms with Crippen LogP contribution in [0.3, 0.4) is 0 Å². The van der Waals surface area contributed by atoms with E-state index in [0.29, 0.717) is 31.5 Å². The molecule has 1 heterocycles. The maximum Gasteiger partial charge on any atom is 0.407 e. The van der Waals surface area contributed by atoms with Crippen LogP contribution >= 0.6 is 0 Å². The monoisotopic (exact) mass is 362 g/mol. The van der Waals surface area contributed by atoms with Crippen molar-refractivity contribution in [1.82, 2.24) is 10.2 Å². The van der Waals surface area contributed by atoms with Crippen LogP contribution in [0, 0.1) is 0 Å². The van der Waals surface area contributed by atoms with Gasteiger partial charge in [0.15, 0.2) is 0 Å². The van der Waals surface area contributed by atoms with Crippen molar-refractivity contribution in [2.24, 2.45) is 0 Å². The Morgan fingerprint density at radius 1 is 1.15 bits per heavy atom. The van der Waals surface area contributed by atoms with Gasteiger partial charge in [-0.3, -0.25) is 4.79 Å². The van der Waals surface area contributed by atoms with Crippen LogP contribution in [0.15, 0.2) is 24.3 Å². The van der Waals surface area contributed by atoms with Crippen molar-refractivity contribution in [2.45, 2.75) is 38.7 Å². The second-order valence-electron chi connectivity index (χ2n) is 6.24. The van der Waals surface area contributed by atoms with Crippen LogP contribution in [0.4, 0.5) is 4.79 Å². The zero-order chi connectivity index (χ0) is 18.8. The first-order valence-corrected chi connectivity index (χ1v) is 8.96. The van der Waals surface area contributed by atoms with Gasteiger partial charge in [-0.2, -0.15) is 0 Å². The molecule has 0 aromatic heterocycles. The summed E-state index contributed by atoms with van der Waals surface area (Å²) in [6, 6.07) is 6.68. The standard InChI is InChI=1S/C19H26N2O5/c1-25-18(23)16-9-7-15(8-10-16)14-26-19(24)20-11-5-13-21-12-4-2-3-6-17(21)22/h7-10H,2-6,11-14H2,1H3,(H,20,24). The van der Waals surface area contributed by atoms with E-state index in [2.05, 4.69) is 10.1 Å². The summed E-state index contributed by atoms with van der Waals surface area (Å²) in [5.41, 5.74) is 1.23. The molecule has 7 heteroatoms. The van der Waals surface area contributed by atoms with Crippen molar-refractivity contribution in [2.75, 3.05) is 26.7 Å². The van der Waals surface area contributed by atoms with Crippen LogP contribution in [-0.4, -0.2) is 49.6 Å². The van der Waals surface area contributed by atoms with E-state index in [1.54, 1.807) is 24.3 Å². The third-order valence-corrected chi connectivity index (χ3v) is 4.29. The van der Waals surface area contributed by atoms with Crippen molar-refractivity contribution >= 4 is 18.0 Å². The number of carbonyl (C=O) groups is 3. The van der Waals surface area contributed by atoms with Crippen LogP contribution < -0.4 is 5.32 Å². The highest BCUT2D eigenvalue weighted by molar-refractivity contribution is 5.89. The molecule has 0 atom stereocenters. The average molecular weight is 362 g/mol. The normalized spacial score (nSPS) is 14.5. The van der Waals surface area contributed by atoms with Crippen molar-refractivity contribution in [3.05, 3.63) is 35.4 Å². The quantitative estimate of drug-likeness (QED) is 0.595. The number of nitrogens with one attached hydrogen (secondary N) is 1. The van der Waals surface area contributed by atoms with Crippen LogP contribution in [0.1, 0.15) is 48.0 Å². The Morgan fingerprint density at radius 3 is 2.65 bits per heavy atom. The smallest absolute Gasteiger partial charge is 0.407 e. The van der Waals surface area contributed by atoms with E-state index in [-0.39, 0.29) is 12.5 Å². The first-order valence-electron chi connectivity index (χ1n) is 8.96. The summed E-state index contributed by atoms with van der Waals surface area (Å²) in [6.07, 6.45) is 3.97. The molecular weight excluding hydrogens is 336 g/mol. The lowest BCUT2D eigenvalue weighted by atomic mass is 10.1. The Balaban J connectivity index is 1.63. The number of amides is 2. The Labute approximate surface area is 153 Å². The van der Waals surface area contributed by atoms with Crippen LogP contribution in [-0.2, 0) is 20.9 Å². The lowest BCUT2D eigenvalue weighted by Crippen LogP contribution is -2.34. The first kappa shape index (κ1) is 19.8. The Bertz CT molecular complexity index is 615. The largest absolute Gasteiger partial charge is 0.465 e. The van der Waals surface area contributed by atoms with Gasteiger partial charge in [-0.25, -0.2) is 9.59 Å². The van der Waals surface area contributed by atoms with E-state index in [1.165, 1.54) is 7.11 Å². The summed E-state index contributed by atoms with van der Waals surface area (Å²) in [5.74, 6) is -0.196. The van der Waals surface area contributed by atoms with E-state index in [0.717, 1.165) is 31.4 Å². The molecule has 142 valence electrons. The number of esters is 1. The number of benzene rings is 1. The minimum atomic E-state index is -0.496. The Kier molecular flexibility index (Phi) is 7.92. The molecule has 1 fully saturated rings. The van der Waals surface area contributed by atoms with Gasteiger partial charge in [0.25, 0.3) is 0 Å². The molecule has 1 aromatic rings. The first-order chi connectivity index (χ1) is 12.6. The second kappa shape index (κ2) is 10.4. The summed E-state index contributed by atoms with van der Waals surface area (Å²) >= 11 is 0. The van der Waals surface area contributed by atoms with E-state index in [1.807, 2.05) is 4.90 Å². The molecule has 1 N–H and O–H groups in total. The van der Waals surface area contributed by atoms with E-state index >= 15 is 0 Å². The van der Waals surface area contributed by atoms with Gasteiger partial charge < -0.3 is 19.7 Å². The number of alkyl carbamates (subject to hydrolysis) is 1. The van der Waals surface area contributed by atoms with Crippen LogP contribution in [0.5, 0.6) is 0 Å². The minimum absolute atomic E-state index is 0.123. The topological polar surface area (TPSA) is 84.9 Å². The van der Waals surface area contributed by atoms with Gasteiger partial charge in [-0.1, -0.05) is 18.6 Å². The Morgan fingerprint density at radius 2 is 1.92 bits per heavy atom. The molecular formula is C19H26N2O5. The van der Waals surface area contributed by atoms with Gasteiger partial charge in [-0.05, 0) is 37.0 Å². The number of carbonyl (C=O) groups excluding carboxylic acids is 3. The fraction of sp³-hybridized carbons (Fsp3) is 0.526. The van der Waals surface area contributed by atoms with Gasteiger partial charge in [0.2, 0.25) is 5.91 Å². The highest BCUT2D eigenvalue weighted by Crippen LogP contribution is 2.11. The number of methoxy groups -OCH3 is 1. The highest BCUT2D eigenvalue weighted by atomic mass is 16.5. The Hall–Kier alpha value is -2.57. The molecule has 7 nitrogen and oxygen atoms in total. The molecule has 1 aliphatic rings. The van der Waals surface area contributed by atoms with Crippen molar-refractivity contribution < 1.29 is 23.9 Å². The molecule has 1 aromatic carbocycles. The zero-order valence-corrected chi connectivity index (χ0v) is 15.2. The van der Waals surface area contributed by atoms with Gasteiger partial charge in [0.05, 0.1) is 12.7 Å². The van der Waals surface area contributed by atoms with E-state index < -0.39 is 12.1 Å². The van der Waals surface area contributed by atoms with Crippen molar-refractivity contribution in [3.63, 3.8) is 0 Å².